The molecule has 5 aromatic rings. The maximum absolute atomic E-state index is 16.0. The molecule has 2 aromatic heterocycles. The Hall–Kier alpha value is -6.82. The lowest BCUT2D eigenvalue weighted by atomic mass is 9.95. The van der Waals surface area contributed by atoms with Crippen LogP contribution in [-0.2, 0) is 24.8 Å². The standard InChI is InChI=1S/C43H48FN13O4/c1-26-32(41(60)49-42-46-25-52(2)51-42)8-9-33(37(26)44)38-36(39(45)59)40-47-34-10-7-31(23-28(34)13-18-57(40)50-38)55-21-19-53(20-22-55)24-27-11-15-54(16-12-27)29-3-5-30(6-4-29)56-17-14-35(58)48-43(56)61/h3-10,23,25,27,47H,11-22,24H2,1-2H3,(H2,45,59)(H,48,58,61)(H,49,51,60). The van der Waals surface area contributed by atoms with Crippen molar-refractivity contribution < 1.29 is 23.6 Å². The van der Waals surface area contributed by atoms with Crippen LogP contribution in [0.1, 0.15) is 51.1 Å². The SMILES string of the molecule is Cc1c(C(=O)Nc2ncn(C)n2)ccc(-c2nn3c(c2C(N)=O)Nc2ccc(N4CCN(CC5CCN(c6ccc(N7CCC(=O)NC7=O)cc6)CC5)CC4)cc2CC3)c1F. The van der Waals surface area contributed by atoms with E-state index in [0.29, 0.717) is 37.7 Å². The summed E-state index contributed by atoms with van der Waals surface area (Å²) in [6.45, 7) is 9.20. The Morgan fingerprint density at radius 1 is 0.852 bits per heavy atom. The van der Waals surface area contributed by atoms with Crippen molar-refractivity contribution in [3.05, 3.63) is 89.0 Å². The molecular weight excluding hydrogens is 782 g/mol. The van der Waals surface area contributed by atoms with Crippen LogP contribution >= 0.6 is 0 Å². The lowest BCUT2D eigenvalue weighted by Crippen LogP contribution is -2.49. The first kappa shape index (κ1) is 39.6. The zero-order valence-electron chi connectivity index (χ0n) is 34.2. The number of halogens is 1. The lowest BCUT2D eigenvalue weighted by molar-refractivity contribution is -0.120. The van der Waals surface area contributed by atoms with E-state index in [1.54, 1.807) is 16.6 Å². The van der Waals surface area contributed by atoms with Gasteiger partial charge in [-0.2, -0.15) is 5.10 Å². The molecule has 4 aliphatic rings. The molecule has 6 heterocycles. The van der Waals surface area contributed by atoms with Gasteiger partial charge in [0, 0.05) is 106 Å². The molecule has 0 atom stereocenters. The number of fused-ring (bicyclic) bond motifs is 2. The normalized spacial score (nSPS) is 17.3. The van der Waals surface area contributed by atoms with Crippen LogP contribution in [0.15, 0.2) is 60.9 Å². The molecule has 3 saturated heterocycles. The molecule has 5 N–H and O–H groups in total. The van der Waals surface area contributed by atoms with Crippen molar-refractivity contribution in [2.45, 2.75) is 39.2 Å². The Kier molecular flexibility index (Phi) is 10.6. The molecule has 9 rings (SSSR count). The van der Waals surface area contributed by atoms with Crippen molar-refractivity contribution in [1.82, 2.24) is 34.8 Å². The van der Waals surface area contributed by atoms with Crippen LogP contribution in [0, 0.1) is 18.7 Å². The monoisotopic (exact) mass is 829 g/mol. The second-order valence-electron chi connectivity index (χ2n) is 16.2. The van der Waals surface area contributed by atoms with Crippen molar-refractivity contribution >= 4 is 58.3 Å². The average molecular weight is 830 g/mol. The molecule has 61 heavy (non-hydrogen) atoms. The van der Waals surface area contributed by atoms with Crippen LogP contribution in [0.25, 0.3) is 11.3 Å². The largest absolute Gasteiger partial charge is 0.372 e. The molecule has 0 spiro atoms. The van der Waals surface area contributed by atoms with Crippen LogP contribution in [0.4, 0.5) is 43.7 Å². The first-order valence-electron chi connectivity index (χ1n) is 20.7. The van der Waals surface area contributed by atoms with Crippen LogP contribution in [0.2, 0.25) is 0 Å². The quantitative estimate of drug-likeness (QED) is 0.166. The summed E-state index contributed by atoms with van der Waals surface area (Å²) in [6.07, 6.45) is 4.63. The fourth-order valence-electron chi connectivity index (χ4n) is 8.89. The summed E-state index contributed by atoms with van der Waals surface area (Å²) in [4.78, 5) is 62.7. The number of rotatable bonds is 9. The van der Waals surface area contributed by atoms with Crippen molar-refractivity contribution in [3.8, 4) is 11.3 Å². The number of urea groups is 1. The van der Waals surface area contributed by atoms with Crippen molar-refractivity contribution in [2.75, 3.05) is 77.7 Å². The topological polar surface area (TPSA) is 192 Å². The van der Waals surface area contributed by atoms with Crippen molar-refractivity contribution in [3.63, 3.8) is 0 Å². The summed E-state index contributed by atoms with van der Waals surface area (Å²) in [5.41, 5.74) is 11.4. The van der Waals surface area contributed by atoms with E-state index in [4.69, 9.17) is 10.8 Å². The number of nitrogens with two attached hydrogens (primary N) is 1. The highest BCUT2D eigenvalue weighted by Crippen LogP contribution is 2.38. The molecule has 18 heteroatoms. The Morgan fingerprint density at radius 2 is 1.57 bits per heavy atom. The lowest BCUT2D eigenvalue weighted by Gasteiger charge is -2.40. The molecule has 0 aliphatic carbocycles. The highest BCUT2D eigenvalue weighted by Gasteiger charge is 2.30. The van der Waals surface area contributed by atoms with E-state index < -0.39 is 17.6 Å². The Balaban J connectivity index is 0.800. The number of carbonyl (C=O) groups is 4. The molecule has 0 saturated carbocycles. The van der Waals surface area contributed by atoms with E-state index >= 15 is 4.39 Å². The van der Waals surface area contributed by atoms with Crippen molar-refractivity contribution in [2.24, 2.45) is 18.7 Å². The molecule has 17 nitrogen and oxygen atoms in total. The van der Waals surface area contributed by atoms with Gasteiger partial charge in [0.2, 0.25) is 11.9 Å². The number of primary amides is 1. The molecule has 3 fully saturated rings. The molecular formula is C43H48FN13O4. The smallest absolute Gasteiger partial charge is 0.328 e. The second kappa shape index (κ2) is 16.3. The van der Waals surface area contributed by atoms with Crippen molar-refractivity contribution in [1.29, 1.82) is 0 Å². The Bertz CT molecular complexity index is 2520. The number of carbonyl (C=O) groups excluding carboxylic acids is 4. The summed E-state index contributed by atoms with van der Waals surface area (Å²) >= 11 is 0. The average Bonchev–Trinajstić information content (AvgIpc) is 3.78. The van der Waals surface area contributed by atoms with E-state index in [1.165, 1.54) is 30.1 Å². The highest BCUT2D eigenvalue weighted by molar-refractivity contribution is 6.07. The van der Waals surface area contributed by atoms with Gasteiger partial charge in [0.15, 0.2) is 0 Å². The van der Waals surface area contributed by atoms with Crippen LogP contribution in [0.3, 0.4) is 0 Å². The maximum Gasteiger partial charge on any atom is 0.328 e. The fourth-order valence-corrected chi connectivity index (χ4v) is 8.89. The number of aromatic nitrogens is 5. The molecule has 0 radical (unpaired) electrons. The third kappa shape index (κ3) is 7.97. The number of nitrogens with one attached hydrogen (secondary N) is 3. The number of hydrogen-bond donors (Lipinski definition) is 4. The van der Waals surface area contributed by atoms with E-state index in [9.17, 15) is 19.2 Å². The molecule has 0 bridgehead atoms. The fraction of sp³-hybridized carbons (Fsp3) is 0.372. The minimum Gasteiger partial charge on any atom is -0.372 e. The highest BCUT2D eigenvalue weighted by atomic mass is 19.1. The summed E-state index contributed by atoms with van der Waals surface area (Å²) in [7, 11) is 1.67. The number of amides is 5. The predicted molar refractivity (Wildman–Crippen MR) is 229 cm³/mol. The van der Waals surface area contributed by atoms with Gasteiger partial charge in [-0.15, -0.1) is 5.10 Å². The van der Waals surface area contributed by atoms with Gasteiger partial charge in [-0.1, -0.05) is 0 Å². The van der Waals surface area contributed by atoms with Gasteiger partial charge in [-0.3, -0.25) is 39.5 Å². The van der Waals surface area contributed by atoms with Gasteiger partial charge in [-0.25, -0.2) is 18.9 Å². The van der Waals surface area contributed by atoms with E-state index in [0.717, 1.165) is 87.0 Å². The van der Waals surface area contributed by atoms with Gasteiger partial charge in [0.1, 0.15) is 29.2 Å². The maximum atomic E-state index is 16.0. The number of piperazine rings is 1. The predicted octanol–water partition coefficient (Wildman–Crippen LogP) is 4.26. The van der Waals surface area contributed by atoms with Gasteiger partial charge < -0.3 is 20.9 Å². The minimum atomic E-state index is -0.746. The number of imide groups is 1. The number of anilines is 6. The van der Waals surface area contributed by atoms with Gasteiger partial charge in [-0.05, 0) is 97.8 Å². The van der Waals surface area contributed by atoms with Crippen LogP contribution < -0.4 is 36.4 Å². The summed E-state index contributed by atoms with van der Waals surface area (Å²) in [5.74, 6) is -1.09. The molecule has 4 aliphatic heterocycles. The number of aryl methyl sites for hydroxylation is 3. The number of nitrogens with zero attached hydrogens (tertiary/aromatic N) is 9. The minimum absolute atomic E-state index is 0.0654. The van der Waals surface area contributed by atoms with Gasteiger partial charge >= 0.3 is 6.03 Å². The zero-order valence-corrected chi connectivity index (χ0v) is 34.2. The molecule has 0 unspecified atom stereocenters. The molecule has 3 aromatic carbocycles. The van der Waals surface area contributed by atoms with Gasteiger partial charge in [0.25, 0.3) is 11.8 Å². The second-order valence-corrected chi connectivity index (χ2v) is 16.2. The Labute approximate surface area is 351 Å². The van der Waals surface area contributed by atoms with Crippen LogP contribution in [0.5, 0.6) is 0 Å². The summed E-state index contributed by atoms with van der Waals surface area (Å²) < 4.78 is 19.1. The zero-order chi connectivity index (χ0) is 42.4. The number of hydrogen-bond acceptors (Lipinski definition) is 11. The third-order valence-electron chi connectivity index (χ3n) is 12.3. The number of piperidine rings is 1. The van der Waals surface area contributed by atoms with Gasteiger partial charge in [0.05, 0.1) is 0 Å². The summed E-state index contributed by atoms with van der Waals surface area (Å²) in [5, 5.41) is 17.1. The van der Waals surface area contributed by atoms with E-state index in [1.807, 2.05) is 18.2 Å². The van der Waals surface area contributed by atoms with E-state index in [-0.39, 0.29) is 45.8 Å². The number of benzene rings is 3. The molecule has 5 amide bonds. The first-order valence-corrected chi connectivity index (χ1v) is 20.7. The Morgan fingerprint density at radius 3 is 2.28 bits per heavy atom. The first-order chi connectivity index (χ1) is 29.5. The molecule has 316 valence electrons. The third-order valence-corrected chi connectivity index (χ3v) is 12.3. The van der Waals surface area contributed by atoms with E-state index in [2.05, 4.69) is 65.0 Å². The summed E-state index contributed by atoms with van der Waals surface area (Å²) in [6, 6.07) is 16.9. The van der Waals surface area contributed by atoms with Crippen LogP contribution in [-0.4, -0.2) is 106 Å².